The Bertz CT molecular complexity index is 1080. The van der Waals surface area contributed by atoms with Crippen molar-refractivity contribution in [2.45, 2.75) is 38.1 Å². The number of benzene rings is 1. The van der Waals surface area contributed by atoms with E-state index in [1.54, 1.807) is 29.2 Å². The predicted octanol–water partition coefficient (Wildman–Crippen LogP) is 5.32. The lowest BCUT2D eigenvalue weighted by atomic mass is 9.94. The number of nitrogens with zero attached hydrogens (tertiary/aromatic N) is 3. The zero-order valence-electron chi connectivity index (χ0n) is 17.4. The van der Waals surface area contributed by atoms with Gasteiger partial charge in [0, 0.05) is 18.2 Å². The molecule has 2 heterocycles. The lowest BCUT2D eigenvalue weighted by Gasteiger charge is -2.29. The Balaban J connectivity index is 1.52. The standard InChI is InChI=1S/C22H21N3O5S2/c1-29-18-11-14(7-9-17(18)30-20-10-8-16(13-23-20)25(27)28)12-19-21(26)24(22(31)32-19)15-5-3-2-4-6-15/h7-13,15H,2-6H2,1H3/b19-12-. The van der Waals surface area contributed by atoms with E-state index in [-0.39, 0.29) is 23.5 Å². The zero-order valence-corrected chi connectivity index (χ0v) is 19.0. The fraction of sp³-hybridized carbons (Fsp3) is 0.318. The van der Waals surface area contributed by atoms with E-state index in [1.165, 1.54) is 37.4 Å². The summed E-state index contributed by atoms with van der Waals surface area (Å²) in [4.78, 5) is 29.6. The molecule has 1 aliphatic heterocycles. The molecule has 32 heavy (non-hydrogen) atoms. The number of thiocarbonyl (C=S) groups is 1. The summed E-state index contributed by atoms with van der Waals surface area (Å²) in [5.74, 6) is 1.01. The number of rotatable bonds is 6. The van der Waals surface area contributed by atoms with Crippen molar-refractivity contribution in [1.82, 2.24) is 9.88 Å². The van der Waals surface area contributed by atoms with Crippen LogP contribution in [0.25, 0.3) is 6.08 Å². The summed E-state index contributed by atoms with van der Waals surface area (Å²) in [6.45, 7) is 0. The van der Waals surface area contributed by atoms with Gasteiger partial charge in [-0.1, -0.05) is 49.3 Å². The fourth-order valence-electron chi connectivity index (χ4n) is 3.80. The van der Waals surface area contributed by atoms with E-state index in [4.69, 9.17) is 21.7 Å². The van der Waals surface area contributed by atoms with Crippen molar-refractivity contribution in [2.75, 3.05) is 7.11 Å². The second-order valence-electron chi connectivity index (χ2n) is 7.47. The topological polar surface area (TPSA) is 94.8 Å². The van der Waals surface area contributed by atoms with Gasteiger partial charge in [0.15, 0.2) is 11.5 Å². The average molecular weight is 472 g/mol. The first-order valence-corrected chi connectivity index (χ1v) is 11.4. The van der Waals surface area contributed by atoms with Gasteiger partial charge in [-0.15, -0.1) is 0 Å². The van der Waals surface area contributed by atoms with Crippen LogP contribution in [0.5, 0.6) is 17.4 Å². The molecule has 1 amide bonds. The third-order valence-corrected chi connectivity index (χ3v) is 6.73. The molecular formula is C22H21N3O5S2. The van der Waals surface area contributed by atoms with Gasteiger partial charge in [-0.2, -0.15) is 0 Å². The second kappa shape index (κ2) is 9.66. The van der Waals surface area contributed by atoms with Crippen molar-refractivity contribution >= 4 is 46.0 Å². The summed E-state index contributed by atoms with van der Waals surface area (Å²) in [6.07, 6.45) is 8.40. The number of thioether (sulfide) groups is 1. The van der Waals surface area contributed by atoms with Gasteiger partial charge in [-0.05, 0) is 36.6 Å². The molecule has 2 aliphatic rings. The van der Waals surface area contributed by atoms with Crippen molar-refractivity contribution in [3.05, 3.63) is 57.1 Å². The number of pyridine rings is 1. The quantitative estimate of drug-likeness (QED) is 0.242. The number of aromatic nitrogens is 1. The van der Waals surface area contributed by atoms with E-state index in [2.05, 4.69) is 4.98 Å². The number of ether oxygens (including phenoxy) is 2. The maximum Gasteiger partial charge on any atom is 0.287 e. The van der Waals surface area contributed by atoms with Gasteiger partial charge in [-0.3, -0.25) is 19.8 Å². The molecule has 0 radical (unpaired) electrons. The third-order valence-electron chi connectivity index (χ3n) is 5.39. The molecule has 1 aromatic heterocycles. The van der Waals surface area contributed by atoms with Crippen LogP contribution in [0, 0.1) is 10.1 Å². The van der Waals surface area contributed by atoms with Crippen LogP contribution in [0.3, 0.4) is 0 Å². The van der Waals surface area contributed by atoms with Crippen LogP contribution < -0.4 is 9.47 Å². The fourth-order valence-corrected chi connectivity index (χ4v) is 5.20. The molecule has 166 valence electrons. The normalized spacial score (nSPS) is 18.3. The third kappa shape index (κ3) is 4.76. The maximum atomic E-state index is 13.0. The Morgan fingerprint density at radius 1 is 1.22 bits per heavy atom. The van der Waals surface area contributed by atoms with Crippen molar-refractivity contribution in [1.29, 1.82) is 0 Å². The summed E-state index contributed by atoms with van der Waals surface area (Å²) >= 11 is 6.82. The Kier molecular flexibility index (Phi) is 6.71. The Hall–Kier alpha value is -2.98. The first kappa shape index (κ1) is 22.2. The lowest BCUT2D eigenvalue weighted by Crippen LogP contribution is -2.39. The van der Waals surface area contributed by atoms with Crippen LogP contribution in [0.1, 0.15) is 37.7 Å². The Labute approximate surface area is 194 Å². The van der Waals surface area contributed by atoms with Crippen molar-refractivity contribution in [3.63, 3.8) is 0 Å². The van der Waals surface area contributed by atoms with E-state index in [0.717, 1.165) is 37.4 Å². The molecule has 2 aromatic rings. The molecule has 10 heteroatoms. The van der Waals surface area contributed by atoms with E-state index < -0.39 is 4.92 Å². The summed E-state index contributed by atoms with van der Waals surface area (Å²) in [5.41, 5.74) is 0.653. The van der Waals surface area contributed by atoms with Gasteiger partial charge in [0.25, 0.3) is 11.6 Å². The van der Waals surface area contributed by atoms with Crippen molar-refractivity contribution in [3.8, 4) is 17.4 Å². The Morgan fingerprint density at radius 2 is 2.00 bits per heavy atom. The summed E-state index contributed by atoms with van der Waals surface area (Å²) in [7, 11) is 1.51. The van der Waals surface area contributed by atoms with Crippen LogP contribution in [0.15, 0.2) is 41.4 Å². The van der Waals surface area contributed by atoms with Crippen LogP contribution in [0.2, 0.25) is 0 Å². The highest BCUT2D eigenvalue weighted by molar-refractivity contribution is 8.26. The largest absolute Gasteiger partial charge is 0.493 e. The van der Waals surface area contributed by atoms with E-state index in [9.17, 15) is 14.9 Å². The molecule has 1 aliphatic carbocycles. The molecule has 1 saturated carbocycles. The van der Waals surface area contributed by atoms with Gasteiger partial charge < -0.3 is 9.47 Å². The number of hydrogen-bond donors (Lipinski definition) is 0. The number of amides is 1. The number of hydrogen-bond acceptors (Lipinski definition) is 8. The van der Waals surface area contributed by atoms with Crippen molar-refractivity contribution in [2.24, 2.45) is 0 Å². The smallest absolute Gasteiger partial charge is 0.287 e. The Morgan fingerprint density at radius 3 is 2.66 bits per heavy atom. The summed E-state index contributed by atoms with van der Waals surface area (Å²) in [5, 5.41) is 10.8. The lowest BCUT2D eigenvalue weighted by molar-refractivity contribution is -0.385. The number of carbonyl (C=O) groups excluding carboxylic acids is 1. The summed E-state index contributed by atoms with van der Waals surface area (Å²) < 4.78 is 11.8. The SMILES string of the molecule is COc1cc(/C=C2\SC(=S)N(C3CCCCC3)C2=O)ccc1Oc1ccc([N+](=O)[O-])cn1. The maximum absolute atomic E-state index is 13.0. The van der Waals surface area contributed by atoms with E-state index in [1.807, 2.05) is 0 Å². The molecular weight excluding hydrogens is 450 g/mol. The molecule has 0 spiro atoms. The van der Waals surface area contributed by atoms with E-state index in [0.29, 0.717) is 20.7 Å². The van der Waals surface area contributed by atoms with Gasteiger partial charge in [0.05, 0.1) is 16.9 Å². The van der Waals surface area contributed by atoms with Gasteiger partial charge in [0.2, 0.25) is 5.88 Å². The minimum Gasteiger partial charge on any atom is -0.493 e. The minimum atomic E-state index is -0.525. The van der Waals surface area contributed by atoms with Crippen LogP contribution in [-0.2, 0) is 4.79 Å². The van der Waals surface area contributed by atoms with Crippen LogP contribution in [-0.4, -0.2) is 38.2 Å². The summed E-state index contributed by atoms with van der Waals surface area (Å²) in [6, 6.07) is 8.20. The van der Waals surface area contributed by atoms with Gasteiger partial charge >= 0.3 is 0 Å². The molecule has 1 saturated heterocycles. The second-order valence-corrected chi connectivity index (χ2v) is 9.14. The van der Waals surface area contributed by atoms with Gasteiger partial charge in [-0.25, -0.2) is 4.98 Å². The highest BCUT2D eigenvalue weighted by Crippen LogP contribution is 2.38. The average Bonchev–Trinajstić information content (AvgIpc) is 3.08. The van der Waals surface area contributed by atoms with Crippen molar-refractivity contribution < 1.29 is 19.2 Å². The molecule has 2 fully saturated rings. The number of nitro groups is 1. The van der Waals surface area contributed by atoms with Crippen LogP contribution >= 0.6 is 24.0 Å². The highest BCUT2D eigenvalue weighted by Gasteiger charge is 2.37. The molecule has 0 atom stereocenters. The highest BCUT2D eigenvalue weighted by atomic mass is 32.2. The first-order chi connectivity index (χ1) is 15.5. The molecule has 4 rings (SSSR count). The number of methoxy groups -OCH3 is 1. The molecule has 0 N–H and O–H groups in total. The zero-order chi connectivity index (χ0) is 22.7. The molecule has 1 aromatic carbocycles. The van der Waals surface area contributed by atoms with Crippen LogP contribution in [0.4, 0.5) is 5.69 Å². The first-order valence-electron chi connectivity index (χ1n) is 10.2. The molecule has 8 nitrogen and oxygen atoms in total. The van der Waals surface area contributed by atoms with Gasteiger partial charge in [0.1, 0.15) is 10.5 Å². The monoisotopic (exact) mass is 471 g/mol. The predicted molar refractivity (Wildman–Crippen MR) is 126 cm³/mol. The minimum absolute atomic E-state index is 0.0405. The molecule has 0 unspecified atom stereocenters. The van der Waals surface area contributed by atoms with E-state index >= 15 is 0 Å². The molecule has 0 bridgehead atoms. The number of carbonyl (C=O) groups is 1.